The molecule has 0 saturated heterocycles. The third kappa shape index (κ3) is 3.04. The first kappa shape index (κ1) is 12.0. The van der Waals surface area contributed by atoms with Gasteiger partial charge in [0.1, 0.15) is 0 Å². The van der Waals surface area contributed by atoms with Crippen molar-refractivity contribution in [1.82, 2.24) is 4.98 Å². The third-order valence-corrected chi connectivity index (χ3v) is 2.51. The number of aryl methyl sites for hydroxylation is 1. The maximum Gasteiger partial charge on any atom is 0.328 e. The van der Waals surface area contributed by atoms with Crippen molar-refractivity contribution in [3.8, 4) is 11.3 Å². The molecule has 0 spiro atoms. The molecular weight excluding hydrogens is 226 g/mol. The standard InChI is InChI=1S/C15H13NO2/c1-11-5-7-12(8-6-11)14-4-2-3-13(16-14)9-10-15(17)18/h2-10H,1H3,(H,17,18). The first-order chi connectivity index (χ1) is 8.65. The van der Waals surface area contributed by atoms with E-state index in [9.17, 15) is 4.79 Å². The molecular formula is C15H13NO2. The smallest absolute Gasteiger partial charge is 0.328 e. The van der Waals surface area contributed by atoms with Crippen LogP contribution < -0.4 is 0 Å². The van der Waals surface area contributed by atoms with E-state index in [1.54, 1.807) is 6.07 Å². The summed E-state index contributed by atoms with van der Waals surface area (Å²) in [7, 11) is 0. The Labute approximate surface area is 105 Å². The lowest BCUT2D eigenvalue weighted by Gasteiger charge is -2.02. The van der Waals surface area contributed by atoms with E-state index in [1.165, 1.54) is 11.6 Å². The number of rotatable bonds is 3. The van der Waals surface area contributed by atoms with Crippen LogP contribution in [0.4, 0.5) is 0 Å². The van der Waals surface area contributed by atoms with Gasteiger partial charge in [0, 0.05) is 11.6 Å². The minimum atomic E-state index is -0.975. The molecule has 0 fully saturated rings. The van der Waals surface area contributed by atoms with E-state index in [2.05, 4.69) is 4.98 Å². The van der Waals surface area contributed by atoms with Gasteiger partial charge in [-0.25, -0.2) is 9.78 Å². The highest BCUT2D eigenvalue weighted by molar-refractivity contribution is 5.85. The minimum absolute atomic E-state index is 0.635. The second-order valence-electron chi connectivity index (χ2n) is 3.99. The molecule has 0 saturated carbocycles. The molecule has 0 bridgehead atoms. The van der Waals surface area contributed by atoms with E-state index in [0.717, 1.165) is 17.3 Å². The number of pyridine rings is 1. The van der Waals surface area contributed by atoms with Gasteiger partial charge in [0.25, 0.3) is 0 Å². The quantitative estimate of drug-likeness (QED) is 0.837. The third-order valence-electron chi connectivity index (χ3n) is 2.51. The normalized spacial score (nSPS) is 10.7. The average Bonchev–Trinajstić information content (AvgIpc) is 2.37. The van der Waals surface area contributed by atoms with Gasteiger partial charge >= 0.3 is 5.97 Å². The number of aliphatic carboxylic acids is 1. The number of hydrogen-bond acceptors (Lipinski definition) is 2. The van der Waals surface area contributed by atoms with Crippen molar-refractivity contribution in [2.75, 3.05) is 0 Å². The van der Waals surface area contributed by atoms with Crippen LogP contribution in [0.1, 0.15) is 11.3 Å². The van der Waals surface area contributed by atoms with Gasteiger partial charge in [-0.05, 0) is 25.1 Å². The van der Waals surface area contributed by atoms with E-state index in [1.807, 2.05) is 43.3 Å². The van der Waals surface area contributed by atoms with Crippen molar-refractivity contribution in [2.45, 2.75) is 6.92 Å². The van der Waals surface area contributed by atoms with Crippen LogP contribution in [0.25, 0.3) is 17.3 Å². The second-order valence-corrected chi connectivity index (χ2v) is 3.99. The number of aromatic nitrogens is 1. The summed E-state index contributed by atoms with van der Waals surface area (Å²) in [5.41, 5.74) is 3.69. The van der Waals surface area contributed by atoms with Crippen LogP contribution in [0.2, 0.25) is 0 Å². The van der Waals surface area contributed by atoms with E-state index in [4.69, 9.17) is 5.11 Å². The van der Waals surface area contributed by atoms with E-state index in [-0.39, 0.29) is 0 Å². The van der Waals surface area contributed by atoms with Crippen LogP contribution in [-0.4, -0.2) is 16.1 Å². The first-order valence-electron chi connectivity index (χ1n) is 5.60. The van der Waals surface area contributed by atoms with Crippen molar-refractivity contribution in [3.05, 3.63) is 59.8 Å². The predicted molar refractivity (Wildman–Crippen MR) is 71.1 cm³/mol. The zero-order valence-corrected chi connectivity index (χ0v) is 10.00. The topological polar surface area (TPSA) is 50.2 Å². The molecule has 2 aromatic rings. The lowest BCUT2D eigenvalue weighted by atomic mass is 10.1. The monoisotopic (exact) mass is 239 g/mol. The van der Waals surface area contributed by atoms with Gasteiger partial charge in [-0.3, -0.25) is 0 Å². The minimum Gasteiger partial charge on any atom is -0.478 e. The molecule has 90 valence electrons. The van der Waals surface area contributed by atoms with Crippen LogP contribution in [0.15, 0.2) is 48.5 Å². The molecule has 1 aromatic carbocycles. The summed E-state index contributed by atoms with van der Waals surface area (Å²) >= 11 is 0. The van der Waals surface area contributed by atoms with Gasteiger partial charge in [0.2, 0.25) is 0 Å². The van der Waals surface area contributed by atoms with Crippen LogP contribution in [0.5, 0.6) is 0 Å². The maximum absolute atomic E-state index is 10.5. The van der Waals surface area contributed by atoms with Gasteiger partial charge < -0.3 is 5.11 Å². The zero-order chi connectivity index (χ0) is 13.0. The van der Waals surface area contributed by atoms with Crippen molar-refractivity contribution in [2.24, 2.45) is 0 Å². The van der Waals surface area contributed by atoms with E-state index >= 15 is 0 Å². The Balaban J connectivity index is 2.32. The van der Waals surface area contributed by atoms with Crippen molar-refractivity contribution < 1.29 is 9.90 Å². The Hall–Kier alpha value is -2.42. The number of benzene rings is 1. The first-order valence-corrected chi connectivity index (χ1v) is 5.60. The molecule has 0 unspecified atom stereocenters. The van der Waals surface area contributed by atoms with Gasteiger partial charge in [-0.2, -0.15) is 0 Å². The van der Waals surface area contributed by atoms with Crippen LogP contribution in [0.3, 0.4) is 0 Å². The van der Waals surface area contributed by atoms with Gasteiger partial charge in [-0.15, -0.1) is 0 Å². The van der Waals surface area contributed by atoms with Gasteiger partial charge in [-0.1, -0.05) is 35.9 Å². The van der Waals surface area contributed by atoms with Gasteiger partial charge in [0.15, 0.2) is 0 Å². The Bertz CT molecular complexity index is 586. The molecule has 0 aliphatic heterocycles. The molecule has 1 aromatic heterocycles. The number of carboxylic acids is 1. The molecule has 0 atom stereocenters. The fourth-order valence-corrected chi connectivity index (χ4v) is 1.59. The Morgan fingerprint density at radius 3 is 2.56 bits per heavy atom. The highest BCUT2D eigenvalue weighted by Crippen LogP contribution is 2.18. The summed E-state index contributed by atoms with van der Waals surface area (Å²) in [5, 5.41) is 8.58. The van der Waals surface area contributed by atoms with Crippen molar-refractivity contribution in [3.63, 3.8) is 0 Å². The highest BCUT2D eigenvalue weighted by atomic mass is 16.4. The number of carbonyl (C=O) groups is 1. The zero-order valence-electron chi connectivity index (χ0n) is 10.00. The molecule has 0 aliphatic rings. The summed E-state index contributed by atoms with van der Waals surface area (Å²) in [6.07, 6.45) is 2.57. The lowest BCUT2D eigenvalue weighted by molar-refractivity contribution is -0.131. The largest absolute Gasteiger partial charge is 0.478 e. The number of hydrogen-bond donors (Lipinski definition) is 1. The molecule has 1 heterocycles. The fraction of sp³-hybridized carbons (Fsp3) is 0.0667. The molecule has 1 N–H and O–H groups in total. The Morgan fingerprint density at radius 2 is 1.89 bits per heavy atom. The van der Waals surface area contributed by atoms with E-state index in [0.29, 0.717) is 5.69 Å². The van der Waals surface area contributed by atoms with Crippen LogP contribution in [-0.2, 0) is 4.79 Å². The van der Waals surface area contributed by atoms with E-state index < -0.39 is 5.97 Å². The Morgan fingerprint density at radius 1 is 1.17 bits per heavy atom. The molecule has 0 amide bonds. The predicted octanol–water partition coefficient (Wildman–Crippen LogP) is 3.15. The maximum atomic E-state index is 10.5. The van der Waals surface area contributed by atoms with Crippen molar-refractivity contribution in [1.29, 1.82) is 0 Å². The summed E-state index contributed by atoms with van der Waals surface area (Å²) in [4.78, 5) is 14.8. The van der Waals surface area contributed by atoms with Crippen molar-refractivity contribution >= 4 is 12.0 Å². The Kier molecular flexibility index (Phi) is 3.53. The highest BCUT2D eigenvalue weighted by Gasteiger charge is 1.99. The molecule has 0 aliphatic carbocycles. The SMILES string of the molecule is Cc1ccc(-c2cccc(C=CC(=O)O)n2)cc1. The second kappa shape index (κ2) is 5.27. The fourth-order valence-electron chi connectivity index (χ4n) is 1.59. The van der Waals surface area contributed by atoms with Gasteiger partial charge in [0.05, 0.1) is 11.4 Å². The van der Waals surface area contributed by atoms with Crippen LogP contribution in [0, 0.1) is 6.92 Å². The number of carboxylic acid groups (broad SMARTS) is 1. The lowest BCUT2D eigenvalue weighted by Crippen LogP contribution is -1.89. The summed E-state index contributed by atoms with van der Waals surface area (Å²) in [5.74, 6) is -0.975. The summed E-state index contributed by atoms with van der Waals surface area (Å²) in [6, 6.07) is 13.6. The molecule has 3 heteroatoms. The number of nitrogens with zero attached hydrogens (tertiary/aromatic N) is 1. The molecule has 18 heavy (non-hydrogen) atoms. The molecule has 2 rings (SSSR count). The molecule has 3 nitrogen and oxygen atoms in total. The average molecular weight is 239 g/mol. The van der Waals surface area contributed by atoms with Crippen LogP contribution >= 0.6 is 0 Å². The molecule has 0 radical (unpaired) electrons. The summed E-state index contributed by atoms with van der Waals surface area (Å²) < 4.78 is 0. The summed E-state index contributed by atoms with van der Waals surface area (Å²) in [6.45, 7) is 2.03.